The number of hydrogen-bond acceptors (Lipinski definition) is 2. The Balaban J connectivity index is 2.95. The molecule has 11 heavy (non-hydrogen) atoms. The first-order valence-electron chi connectivity index (χ1n) is 3.92. The molecule has 1 rings (SSSR count). The molecule has 3 heteroatoms. The van der Waals surface area contributed by atoms with E-state index < -0.39 is 0 Å². The number of hydrogen-bond donors (Lipinski definition) is 2. The highest BCUT2D eigenvalue weighted by atomic mass is 16.3. The average Bonchev–Trinajstić information content (AvgIpc) is 2.31. The summed E-state index contributed by atoms with van der Waals surface area (Å²) in [6, 6.07) is 0. The second-order valence-electron chi connectivity index (χ2n) is 2.93. The van der Waals surface area contributed by atoms with Gasteiger partial charge in [-0.1, -0.05) is 20.8 Å². The van der Waals surface area contributed by atoms with Crippen molar-refractivity contribution in [3.63, 3.8) is 0 Å². The Labute approximate surface area is 66.5 Å². The Morgan fingerprint density at radius 1 is 1.55 bits per heavy atom. The molecule has 0 amide bonds. The van der Waals surface area contributed by atoms with Gasteiger partial charge in [0.25, 0.3) is 0 Å². The fraction of sp³-hybridized carbons (Fsp3) is 0.625. The lowest BCUT2D eigenvalue weighted by molar-refractivity contribution is 0.448. The van der Waals surface area contributed by atoms with Crippen LogP contribution >= 0.6 is 0 Å². The maximum atomic E-state index is 9.24. The summed E-state index contributed by atoms with van der Waals surface area (Å²) in [6.45, 7) is 6.06. The number of rotatable bonds is 2. The Morgan fingerprint density at radius 2 is 2.18 bits per heavy atom. The maximum Gasteiger partial charge on any atom is 0.232 e. The number of aryl methyl sites for hydroxylation is 1. The number of nitrogens with zero attached hydrogens (tertiary/aromatic N) is 1. The Bertz CT molecular complexity index is 240. The minimum Gasteiger partial charge on any atom is -0.492 e. The number of nitrogens with one attached hydrogen (secondary N) is 1. The number of aromatic hydroxyl groups is 1. The quantitative estimate of drug-likeness (QED) is 0.682. The molecule has 0 saturated heterocycles. The zero-order valence-corrected chi connectivity index (χ0v) is 7.18. The molecule has 0 fully saturated rings. The highest BCUT2D eigenvalue weighted by molar-refractivity contribution is 5.20. The van der Waals surface area contributed by atoms with Gasteiger partial charge in [-0.05, 0) is 6.42 Å². The molecule has 0 spiro atoms. The monoisotopic (exact) mass is 154 g/mol. The van der Waals surface area contributed by atoms with Crippen molar-refractivity contribution in [1.29, 1.82) is 0 Å². The third-order valence-corrected chi connectivity index (χ3v) is 1.68. The molecule has 0 atom stereocenters. The summed E-state index contributed by atoms with van der Waals surface area (Å²) in [5.74, 6) is 1.36. The molecule has 0 unspecified atom stereocenters. The number of H-pyrrole nitrogens is 1. The molecule has 3 nitrogen and oxygen atoms in total. The van der Waals surface area contributed by atoms with E-state index >= 15 is 0 Å². The van der Waals surface area contributed by atoms with E-state index in [0.717, 1.165) is 17.9 Å². The first-order valence-corrected chi connectivity index (χ1v) is 3.92. The summed E-state index contributed by atoms with van der Waals surface area (Å²) in [4.78, 5) is 7.05. The average molecular weight is 154 g/mol. The summed E-state index contributed by atoms with van der Waals surface area (Å²) in [5.41, 5.74) is 0.828. The second-order valence-corrected chi connectivity index (χ2v) is 2.93. The Kier molecular flexibility index (Phi) is 2.17. The van der Waals surface area contributed by atoms with Crippen LogP contribution in [0.5, 0.6) is 5.88 Å². The Morgan fingerprint density at radius 3 is 2.45 bits per heavy atom. The van der Waals surface area contributed by atoms with Crippen molar-refractivity contribution >= 4 is 0 Å². The maximum absolute atomic E-state index is 9.24. The van der Waals surface area contributed by atoms with Gasteiger partial charge in [0.05, 0.1) is 5.69 Å². The highest BCUT2D eigenvalue weighted by Gasteiger charge is 2.08. The van der Waals surface area contributed by atoms with Crippen molar-refractivity contribution in [2.45, 2.75) is 33.1 Å². The van der Waals surface area contributed by atoms with E-state index in [2.05, 4.69) is 9.97 Å². The molecule has 0 aliphatic rings. The van der Waals surface area contributed by atoms with E-state index in [-0.39, 0.29) is 5.88 Å². The van der Waals surface area contributed by atoms with Gasteiger partial charge >= 0.3 is 0 Å². The molecule has 62 valence electrons. The van der Waals surface area contributed by atoms with E-state index in [1.54, 1.807) is 0 Å². The second kappa shape index (κ2) is 2.95. The van der Waals surface area contributed by atoms with E-state index in [0.29, 0.717) is 5.92 Å². The first kappa shape index (κ1) is 8.11. The van der Waals surface area contributed by atoms with Crippen molar-refractivity contribution in [2.75, 3.05) is 0 Å². The molecule has 0 aliphatic carbocycles. The normalized spacial score (nSPS) is 10.9. The molecule has 0 bridgehead atoms. The smallest absolute Gasteiger partial charge is 0.232 e. The number of imidazole rings is 1. The summed E-state index contributed by atoms with van der Waals surface area (Å²) in [6.07, 6.45) is 0.797. The van der Waals surface area contributed by atoms with Gasteiger partial charge in [-0.25, -0.2) is 0 Å². The van der Waals surface area contributed by atoms with Gasteiger partial charge in [-0.2, -0.15) is 4.98 Å². The summed E-state index contributed by atoms with van der Waals surface area (Å²) in [5, 5.41) is 9.24. The van der Waals surface area contributed by atoms with Crippen molar-refractivity contribution < 1.29 is 5.11 Å². The van der Waals surface area contributed by atoms with Crippen molar-refractivity contribution in [3.8, 4) is 5.88 Å². The minimum absolute atomic E-state index is 0.149. The molecule has 0 aliphatic heterocycles. The lowest BCUT2D eigenvalue weighted by Gasteiger charge is -1.96. The van der Waals surface area contributed by atoms with Crippen LogP contribution in [-0.4, -0.2) is 15.1 Å². The van der Waals surface area contributed by atoms with Gasteiger partial charge in [0.1, 0.15) is 5.82 Å². The topological polar surface area (TPSA) is 48.9 Å². The number of aromatic nitrogens is 2. The fourth-order valence-electron chi connectivity index (χ4n) is 0.940. The predicted octanol–water partition coefficient (Wildman–Crippen LogP) is 1.80. The van der Waals surface area contributed by atoms with Crippen LogP contribution in [0.2, 0.25) is 0 Å². The van der Waals surface area contributed by atoms with Crippen molar-refractivity contribution in [3.05, 3.63) is 11.5 Å². The summed E-state index contributed by atoms with van der Waals surface area (Å²) < 4.78 is 0. The molecular weight excluding hydrogens is 140 g/mol. The van der Waals surface area contributed by atoms with Crippen LogP contribution in [0.25, 0.3) is 0 Å². The van der Waals surface area contributed by atoms with Gasteiger partial charge in [0, 0.05) is 5.92 Å². The minimum atomic E-state index is 0.149. The van der Waals surface area contributed by atoms with Crippen LogP contribution < -0.4 is 0 Å². The standard InChI is InChI=1S/C8H14N2O/c1-4-6-8(11)10-7(9-6)5(2)3/h5,11H,4H2,1-3H3,(H,9,10). The molecule has 0 aromatic carbocycles. The third kappa shape index (κ3) is 1.53. The van der Waals surface area contributed by atoms with Crippen LogP contribution in [0, 0.1) is 0 Å². The lowest BCUT2D eigenvalue weighted by atomic mass is 10.2. The van der Waals surface area contributed by atoms with Crippen LogP contribution in [0.15, 0.2) is 0 Å². The van der Waals surface area contributed by atoms with Crippen molar-refractivity contribution in [2.24, 2.45) is 0 Å². The molecule has 0 saturated carbocycles. The van der Waals surface area contributed by atoms with Crippen LogP contribution in [0.4, 0.5) is 0 Å². The fourth-order valence-corrected chi connectivity index (χ4v) is 0.940. The molecule has 1 aromatic rings. The third-order valence-electron chi connectivity index (χ3n) is 1.68. The lowest BCUT2D eigenvalue weighted by Crippen LogP contribution is -1.89. The first-order chi connectivity index (χ1) is 5.15. The molecule has 1 aromatic heterocycles. The summed E-state index contributed by atoms with van der Waals surface area (Å²) in [7, 11) is 0. The van der Waals surface area contributed by atoms with Gasteiger partial charge < -0.3 is 10.1 Å². The number of aromatic amines is 1. The van der Waals surface area contributed by atoms with E-state index in [4.69, 9.17) is 0 Å². The largest absolute Gasteiger partial charge is 0.492 e. The molecule has 0 radical (unpaired) electrons. The predicted molar refractivity (Wildman–Crippen MR) is 43.7 cm³/mol. The van der Waals surface area contributed by atoms with Crippen LogP contribution in [0.1, 0.15) is 38.2 Å². The SMILES string of the molecule is CCc1[nH]c(C(C)C)nc1O. The van der Waals surface area contributed by atoms with E-state index in [9.17, 15) is 5.11 Å². The van der Waals surface area contributed by atoms with Gasteiger partial charge in [-0.15, -0.1) is 0 Å². The summed E-state index contributed by atoms with van der Waals surface area (Å²) >= 11 is 0. The van der Waals surface area contributed by atoms with E-state index in [1.165, 1.54) is 0 Å². The zero-order valence-electron chi connectivity index (χ0n) is 7.18. The molecular formula is C8H14N2O. The van der Waals surface area contributed by atoms with Gasteiger partial charge in [0.15, 0.2) is 0 Å². The van der Waals surface area contributed by atoms with E-state index in [1.807, 2.05) is 20.8 Å². The van der Waals surface area contributed by atoms with Crippen molar-refractivity contribution in [1.82, 2.24) is 9.97 Å². The zero-order chi connectivity index (χ0) is 8.43. The van der Waals surface area contributed by atoms with Crippen LogP contribution in [-0.2, 0) is 6.42 Å². The molecule has 1 heterocycles. The van der Waals surface area contributed by atoms with Gasteiger partial charge in [-0.3, -0.25) is 0 Å². The van der Waals surface area contributed by atoms with Gasteiger partial charge in [0.2, 0.25) is 5.88 Å². The van der Waals surface area contributed by atoms with Crippen LogP contribution in [0.3, 0.4) is 0 Å². The molecule has 2 N–H and O–H groups in total. The Hall–Kier alpha value is -0.990. The highest BCUT2D eigenvalue weighted by Crippen LogP contribution is 2.18.